The van der Waals surface area contributed by atoms with Crippen LogP contribution in [0.5, 0.6) is 0 Å². The summed E-state index contributed by atoms with van der Waals surface area (Å²) in [6.45, 7) is 2.57. The molecule has 0 atom stereocenters. The Kier molecular flexibility index (Phi) is 7.19. The van der Waals surface area contributed by atoms with Crippen molar-refractivity contribution in [2.24, 2.45) is 0 Å². The SMILES string of the molecule is O=C(NCCCc1cn[nH]c1)c1ccc(N2CCCCC2)c(C#Cc2ccc(F)cc2)c1. The van der Waals surface area contributed by atoms with E-state index in [0.29, 0.717) is 12.1 Å². The number of carbonyl (C=O) groups is 1. The molecule has 1 amide bonds. The third-order valence-corrected chi connectivity index (χ3v) is 5.62. The minimum Gasteiger partial charge on any atom is -0.371 e. The topological polar surface area (TPSA) is 61.0 Å². The van der Waals surface area contributed by atoms with Gasteiger partial charge in [0.05, 0.1) is 11.9 Å². The third-order valence-electron chi connectivity index (χ3n) is 5.62. The monoisotopic (exact) mass is 430 g/mol. The van der Waals surface area contributed by atoms with Crippen LogP contribution in [-0.2, 0) is 6.42 Å². The lowest BCUT2D eigenvalue weighted by atomic mass is 10.0. The minimum atomic E-state index is -0.281. The van der Waals surface area contributed by atoms with Gasteiger partial charge in [0.1, 0.15) is 5.82 Å². The molecule has 4 rings (SSSR count). The lowest BCUT2D eigenvalue weighted by Gasteiger charge is -2.30. The first-order valence-corrected chi connectivity index (χ1v) is 11.1. The van der Waals surface area contributed by atoms with Crippen molar-refractivity contribution < 1.29 is 9.18 Å². The van der Waals surface area contributed by atoms with E-state index in [9.17, 15) is 9.18 Å². The normalized spacial score (nSPS) is 13.3. The van der Waals surface area contributed by atoms with E-state index in [1.54, 1.807) is 18.3 Å². The van der Waals surface area contributed by atoms with Crippen molar-refractivity contribution in [3.05, 3.63) is 82.9 Å². The van der Waals surface area contributed by atoms with Crippen molar-refractivity contribution in [3.63, 3.8) is 0 Å². The summed E-state index contributed by atoms with van der Waals surface area (Å²) in [5, 5.41) is 9.73. The molecule has 2 aromatic carbocycles. The molecular weight excluding hydrogens is 403 g/mol. The molecular formula is C26H27FN4O. The van der Waals surface area contributed by atoms with E-state index in [-0.39, 0.29) is 11.7 Å². The molecule has 1 aromatic heterocycles. The van der Waals surface area contributed by atoms with Crippen molar-refractivity contribution >= 4 is 11.6 Å². The standard InChI is InChI=1S/C26H27FN4O/c27-24-11-7-20(8-12-24)6-9-22-17-23(10-13-25(22)31-15-2-1-3-16-31)26(32)28-14-4-5-21-18-29-30-19-21/h7-8,10-13,17-19H,1-5,14-16H2,(H,28,32)(H,29,30). The predicted molar refractivity (Wildman–Crippen MR) is 124 cm³/mol. The number of aromatic amines is 1. The van der Waals surface area contributed by atoms with Crippen molar-refractivity contribution in [3.8, 4) is 11.8 Å². The Morgan fingerprint density at radius 1 is 1.09 bits per heavy atom. The molecule has 0 spiro atoms. The number of amides is 1. The molecule has 6 heteroatoms. The Bertz CT molecular complexity index is 1090. The highest BCUT2D eigenvalue weighted by atomic mass is 19.1. The molecule has 3 aromatic rings. The molecule has 1 aliphatic heterocycles. The van der Waals surface area contributed by atoms with Crippen molar-refractivity contribution in [2.45, 2.75) is 32.1 Å². The molecule has 0 radical (unpaired) electrons. The van der Waals surface area contributed by atoms with Gasteiger partial charge in [-0.05, 0) is 80.1 Å². The number of carbonyl (C=O) groups excluding carboxylic acids is 1. The van der Waals surface area contributed by atoms with Gasteiger partial charge in [-0.3, -0.25) is 9.89 Å². The number of rotatable bonds is 6. The maximum atomic E-state index is 13.2. The van der Waals surface area contributed by atoms with Crippen LogP contribution in [0.3, 0.4) is 0 Å². The smallest absolute Gasteiger partial charge is 0.251 e. The van der Waals surface area contributed by atoms with Crippen LogP contribution >= 0.6 is 0 Å². The van der Waals surface area contributed by atoms with Crippen LogP contribution < -0.4 is 10.2 Å². The number of nitrogens with one attached hydrogen (secondary N) is 2. The van der Waals surface area contributed by atoms with E-state index in [2.05, 4.69) is 32.3 Å². The molecule has 1 fully saturated rings. The van der Waals surface area contributed by atoms with Gasteiger partial charge in [-0.25, -0.2) is 4.39 Å². The number of halogens is 1. The number of aromatic nitrogens is 2. The molecule has 1 saturated heterocycles. The molecule has 0 saturated carbocycles. The van der Waals surface area contributed by atoms with E-state index in [4.69, 9.17) is 0 Å². The highest BCUT2D eigenvalue weighted by molar-refractivity contribution is 5.95. The number of H-pyrrole nitrogens is 1. The lowest BCUT2D eigenvalue weighted by molar-refractivity contribution is 0.0953. The highest BCUT2D eigenvalue weighted by Crippen LogP contribution is 2.25. The van der Waals surface area contributed by atoms with E-state index < -0.39 is 0 Å². The number of piperidine rings is 1. The first-order chi connectivity index (χ1) is 15.7. The third kappa shape index (κ3) is 5.76. The first-order valence-electron chi connectivity index (χ1n) is 11.1. The summed E-state index contributed by atoms with van der Waals surface area (Å²) in [4.78, 5) is 15.1. The molecule has 2 N–H and O–H groups in total. The zero-order chi connectivity index (χ0) is 22.2. The fraction of sp³-hybridized carbons (Fsp3) is 0.308. The Hall–Kier alpha value is -3.59. The Labute approximate surface area is 188 Å². The van der Waals surface area contributed by atoms with Gasteiger partial charge in [0.2, 0.25) is 0 Å². The van der Waals surface area contributed by atoms with E-state index in [0.717, 1.165) is 61.2 Å². The van der Waals surface area contributed by atoms with Gasteiger partial charge in [-0.2, -0.15) is 5.10 Å². The second-order valence-corrected chi connectivity index (χ2v) is 8.00. The number of nitrogens with zero attached hydrogens (tertiary/aromatic N) is 2. The summed E-state index contributed by atoms with van der Waals surface area (Å²) in [6, 6.07) is 11.9. The quantitative estimate of drug-likeness (QED) is 0.453. The summed E-state index contributed by atoms with van der Waals surface area (Å²) in [6.07, 6.45) is 8.92. The molecule has 1 aliphatic rings. The number of hydrogen-bond donors (Lipinski definition) is 2. The van der Waals surface area contributed by atoms with E-state index >= 15 is 0 Å². The zero-order valence-corrected chi connectivity index (χ0v) is 18.0. The van der Waals surface area contributed by atoms with Crippen LogP contribution in [0, 0.1) is 17.7 Å². The largest absolute Gasteiger partial charge is 0.371 e. The second kappa shape index (κ2) is 10.6. The number of aryl methyl sites for hydroxylation is 1. The van der Waals surface area contributed by atoms with Crippen LogP contribution in [0.2, 0.25) is 0 Å². The summed E-state index contributed by atoms with van der Waals surface area (Å²) in [7, 11) is 0. The van der Waals surface area contributed by atoms with Crippen molar-refractivity contribution in [1.29, 1.82) is 0 Å². The van der Waals surface area contributed by atoms with Crippen LogP contribution in [0.15, 0.2) is 54.9 Å². The summed E-state index contributed by atoms with van der Waals surface area (Å²) < 4.78 is 13.2. The summed E-state index contributed by atoms with van der Waals surface area (Å²) in [5.74, 6) is 5.95. The number of benzene rings is 2. The fourth-order valence-corrected chi connectivity index (χ4v) is 3.87. The maximum absolute atomic E-state index is 13.2. The van der Waals surface area contributed by atoms with Gasteiger partial charge >= 0.3 is 0 Å². The number of anilines is 1. The van der Waals surface area contributed by atoms with Crippen molar-refractivity contribution in [1.82, 2.24) is 15.5 Å². The fourth-order valence-electron chi connectivity index (χ4n) is 3.87. The highest BCUT2D eigenvalue weighted by Gasteiger charge is 2.16. The Balaban J connectivity index is 1.49. The molecule has 32 heavy (non-hydrogen) atoms. The van der Waals surface area contributed by atoms with E-state index in [1.807, 2.05) is 24.4 Å². The van der Waals surface area contributed by atoms with Gasteiger partial charge in [-0.1, -0.05) is 11.8 Å². The summed E-state index contributed by atoms with van der Waals surface area (Å²) >= 11 is 0. The molecule has 2 heterocycles. The lowest BCUT2D eigenvalue weighted by Crippen LogP contribution is -2.30. The van der Waals surface area contributed by atoms with Gasteiger partial charge in [0.15, 0.2) is 0 Å². The predicted octanol–water partition coefficient (Wildman–Crippen LogP) is 4.30. The molecule has 0 aliphatic carbocycles. The second-order valence-electron chi connectivity index (χ2n) is 8.00. The van der Waals surface area contributed by atoms with Crippen LogP contribution in [0.4, 0.5) is 10.1 Å². The minimum absolute atomic E-state index is 0.104. The summed E-state index contributed by atoms with van der Waals surface area (Å²) in [5.41, 5.74) is 4.34. The molecule has 0 bridgehead atoms. The molecule has 5 nitrogen and oxygen atoms in total. The molecule has 0 unspecified atom stereocenters. The van der Waals surface area contributed by atoms with Crippen LogP contribution in [-0.4, -0.2) is 35.7 Å². The van der Waals surface area contributed by atoms with Crippen molar-refractivity contribution in [2.75, 3.05) is 24.5 Å². The number of hydrogen-bond acceptors (Lipinski definition) is 3. The van der Waals surface area contributed by atoms with Gasteiger partial charge < -0.3 is 10.2 Å². The van der Waals surface area contributed by atoms with Gasteiger partial charge in [0, 0.05) is 42.5 Å². The van der Waals surface area contributed by atoms with Crippen LogP contribution in [0.25, 0.3) is 0 Å². The van der Waals surface area contributed by atoms with E-state index in [1.165, 1.54) is 18.6 Å². The average molecular weight is 431 g/mol. The van der Waals surface area contributed by atoms with Gasteiger partial charge in [0.25, 0.3) is 5.91 Å². The Morgan fingerprint density at radius 2 is 1.91 bits per heavy atom. The maximum Gasteiger partial charge on any atom is 0.251 e. The average Bonchev–Trinajstić information content (AvgIpc) is 3.35. The zero-order valence-electron chi connectivity index (χ0n) is 18.0. The molecule has 164 valence electrons. The Morgan fingerprint density at radius 3 is 2.66 bits per heavy atom. The first kappa shape index (κ1) is 21.6. The van der Waals surface area contributed by atoms with Gasteiger partial charge in [-0.15, -0.1) is 0 Å². The van der Waals surface area contributed by atoms with Crippen LogP contribution in [0.1, 0.15) is 52.7 Å².